The van der Waals surface area contributed by atoms with Crippen LogP contribution in [0.2, 0.25) is 0 Å². The van der Waals surface area contributed by atoms with Gasteiger partial charge < -0.3 is 10.4 Å². The van der Waals surface area contributed by atoms with E-state index in [0.29, 0.717) is 0 Å². The zero-order valence-electron chi connectivity index (χ0n) is 13.2. The summed E-state index contributed by atoms with van der Waals surface area (Å²) in [5.41, 5.74) is 2.21. The van der Waals surface area contributed by atoms with E-state index in [1.54, 1.807) is 0 Å². The smallest absolute Gasteiger partial charge is 0.107 e. The van der Waals surface area contributed by atoms with Crippen LogP contribution in [0.25, 0.3) is 0 Å². The van der Waals surface area contributed by atoms with Crippen molar-refractivity contribution in [3.63, 3.8) is 0 Å². The van der Waals surface area contributed by atoms with E-state index < -0.39 is 0 Å². The van der Waals surface area contributed by atoms with Crippen LogP contribution in [-0.2, 0) is 0 Å². The maximum Gasteiger partial charge on any atom is 0.107 e. The first-order valence-electron chi connectivity index (χ1n) is 8.34. The van der Waals surface area contributed by atoms with Gasteiger partial charge in [0.15, 0.2) is 0 Å². The first-order chi connectivity index (χ1) is 11.3. The van der Waals surface area contributed by atoms with Crippen molar-refractivity contribution in [3.8, 4) is 0 Å². The van der Waals surface area contributed by atoms with Crippen LogP contribution in [0.15, 0.2) is 60.7 Å². The van der Waals surface area contributed by atoms with Crippen molar-refractivity contribution in [2.75, 3.05) is 0 Å². The van der Waals surface area contributed by atoms with Crippen molar-refractivity contribution in [3.05, 3.63) is 71.8 Å². The Hall–Kier alpha value is -1.71. The number of thiocarbonyl (C=S) groups is 1. The number of hydrogen-bond acceptors (Lipinski definition) is 2. The normalized spacial score (nSPS) is 22.3. The molecule has 0 amide bonds. The van der Waals surface area contributed by atoms with E-state index >= 15 is 0 Å². The predicted molar refractivity (Wildman–Crippen MR) is 98.4 cm³/mol. The lowest BCUT2D eigenvalue weighted by molar-refractivity contribution is 0.0519. The van der Waals surface area contributed by atoms with Gasteiger partial charge in [-0.1, -0.05) is 85.7 Å². The molecule has 3 atom stereocenters. The molecular weight excluding hydrogens is 302 g/mol. The topological polar surface area (TPSA) is 32.3 Å². The summed E-state index contributed by atoms with van der Waals surface area (Å²) in [5.74, 6) is 0.202. The summed E-state index contributed by atoms with van der Waals surface area (Å²) >= 11 is 5.61. The van der Waals surface area contributed by atoms with Crippen molar-refractivity contribution < 1.29 is 5.11 Å². The molecule has 0 radical (unpaired) electrons. The Balaban J connectivity index is 1.85. The van der Waals surface area contributed by atoms with Gasteiger partial charge in [0.1, 0.15) is 4.99 Å². The lowest BCUT2D eigenvalue weighted by Crippen LogP contribution is -2.39. The standard InChI is InChI=1S/C20H23NOS/c22-18-14-8-7-13-17(18)19(15-9-3-1-4-10-15)21-20(23)16-11-5-2-6-12-16/h1-6,9-12,17-19,22H,7-8,13-14H2,(H,21,23)/t17-,18-,19+/m1/s1. The van der Waals surface area contributed by atoms with Gasteiger partial charge in [-0.15, -0.1) is 0 Å². The highest BCUT2D eigenvalue weighted by atomic mass is 32.1. The predicted octanol–water partition coefficient (Wildman–Crippen LogP) is 4.24. The molecule has 0 heterocycles. The molecule has 2 aromatic carbocycles. The van der Waals surface area contributed by atoms with E-state index in [9.17, 15) is 5.11 Å². The Morgan fingerprint density at radius 1 is 0.957 bits per heavy atom. The maximum absolute atomic E-state index is 10.5. The minimum Gasteiger partial charge on any atom is -0.393 e. The van der Waals surface area contributed by atoms with Gasteiger partial charge in [-0.3, -0.25) is 0 Å². The van der Waals surface area contributed by atoms with Crippen LogP contribution >= 0.6 is 12.2 Å². The Morgan fingerprint density at radius 3 is 2.22 bits per heavy atom. The molecular formula is C20H23NOS. The van der Waals surface area contributed by atoms with Crippen molar-refractivity contribution in [2.45, 2.75) is 37.8 Å². The molecule has 2 nitrogen and oxygen atoms in total. The largest absolute Gasteiger partial charge is 0.393 e. The molecule has 1 aliphatic rings. The van der Waals surface area contributed by atoms with Crippen LogP contribution in [0.3, 0.4) is 0 Å². The number of aliphatic hydroxyl groups is 1. The van der Waals surface area contributed by atoms with Crippen LogP contribution in [0.5, 0.6) is 0 Å². The average Bonchev–Trinajstić information content (AvgIpc) is 2.62. The first-order valence-corrected chi connectivity index (χ1v) is 8.75. The van der Waals surface area contributed by atoms with Gasteiger partial charge in [0.25, 0.3) is 0 Å². The monoisotopic (exact) mass is 325 g/mol. The molecule has 1 fully saturated rings. The second kappa shape index (κ2) is 7.71. The molecule has 0 bridgehead atoms. The van der Waals surface area contributed by atoms with Gasteiger partial charge in [0.2, 0.25) is 0 Å². The van der Waals surface area contributed by atoms with Gasteiger partial charge in [-0.05, 0) is 18.4 Å². The second-order valence-corrected chi connectivity index (χ2v) is 6.65. The number of benzene rings is 2. The third kappa shape index (κ3) is 3.98. The van der Waals surface area contributed by atoms with Crippen molar-refractivity contribution in [1.82, 2.24) is 5.32 Å². The van der Waals surface area contributed by atoms with Crippen LogP contribution < -0.4 is 5.32 Å². The van der Waals surface area contributed by atoms with Crippen LogP contribution in [0.1, 0.15) is 42.9 Å². The fraction of sp³-hybridized carbons (Fsp3) is 0.350. The SMILES string of the molecule is O[C@@H]1CCCC[C@H]1[C@@H](NC(=S)c1ccccc1)c1ccccc1. The molecule has 1 aliphatic carbocycles. The van der Waals surface area contributed by atoms with E-state index in [0.717, 1.165) is 29.8 Å². The highest BCUT2D eigenvalue weighted by molar-refractivity contribution is 7.80. The Morgan fingerprint density at radius 2 is 1.57 bits per heavy atom. The zero-order valence-corrected chi connectivity index (χ0v) is 14.0. The molecule has 2 N–H and O–H groups in total. The summed E-state index contributed by atoms with van der Waals surface area (Å²) in [6.45, 7) is 0. The summed E-state index contributed by atoms with van der Waals surface area (Å²) in [5, 5.41) is 14.0. The van der Waals surface area contributed by atoms with E-state index in [-0.39, 0.29) is 18.1 Å². The molecule has 0 saturated heterocycles. The lowest BCUT2D eigenvalue weighted by Gasteiger charge is -2.35. The minimum absolute atomic E-state index is 0.0548. The fourth-order valence-corrected chi connectivity index (χ4v) is 3.70. The molecule has 1 saturated carbocycles. The zero-order chi connectivity index (χ0) is 16.1. The van der Waals surface area contributed by atoms with Gasteiger partial charge in [0.05, 0.1) is 12.1 Å². The second-order valence-electron chi connectivity index (χ2n) is 6.24. The van der Waals surface area contributed by atoms with Gasteiger partial charge in [0, 0.05) is 11.5 Å². The van der Waals surface area contributed by atoms with E-state index in [4.69, 9.17) is 12.2 Å². The van der Waals surface area contributed by atoms with Crippen LogP contribution in [-0.4, -0.2) is 16.2 Å². The highest BCUT2D eigenvalue weighted by Crippen LogP contribution is 2.35. The maximum atomic E-state index is 10.5. The first kappa shape index (κ1) is 16.2. The fourth-order valence-electron chi connectivity index (χ4n) is 3.44. The number of hydrogen-bond donors (Lipinski definition) is 2. The van der Waals surface area contributed by atoms with Crippen molar-refractivity contribution in [2.24, 2.45) is 5.92 Å². The number of rotatable bonds is 4. The molecule has 0 aromatic heterocycles. The highest BCUT2D eigenvalue weighted by Gasteiger charge is 2.32. The Kier molecular flexibility index (Phi) is 5.42. The molecule has 2 aromatic rings. The molecule has 120 valence electrons. The third-order valence-electron chi connectivity index (χ3n) is 4.69. The van der Waals surface area contributed by atoms with E-state index in [1.807, 2.05) is 48.5 Å². The van der Waals surface area contributed by atoms with E-state index in [2.05, 4.69) is 17.4 Å². The lowest BCUT2D eigenvalue weighted by atomic mass is 9.79. The average molecular weight is 325 g/mol. The van der Waals surface area contributed by atoms with Gasteiger partial charge in [-0.2, -0.15) is 0 Å². The van der Waals surface area contributed by atoms with Crippen molar-refractivity contribution in [1.29, 1.82) is 0 Å². The summed E-state index contributed by atoms with van der Waals surface area (Å²) in [6.07, 6.45) is 3.94. The summed E-state index contributed by atoms with van der Waals surface area (Å²) in [6, 6.07) is 20.4. The number of aliphatic hydroxyl groups excluding tert-OH is 1. The van der Waals surface area contributed by atoms with Crippen LogP contribution in [0, 0.1) is 5.92 Å². The summed E-state index contributed by atoms with van der Waals surface area (Å²) in [7, 11) is 0. The Labute approximate surface area is 143 Å². The molecule has 3 heteroatoms. The Bertz CT molecular complexity index is 629. The quantitative estimate of drug-likeness (QED) is 0.825. The molecule has 23 heavy (non-hydrogen) atoms. The van der Waals surface area contributed by atoms with Gasteiger partial charge >= 0.3 is 0 Å². The van der Waals surface area contributed by atoms with Crippen LogP contribution in [0.4, 0.5) is 0 Å². The molecule has 0 unspecified atom stereocenters. The molecule has 0 aliphatic heterocycles. The minimum atomic E-state index is -0.264. The third-order valence-corrected chi connectivity index (χ3v) is 5.04. The molecule has 0 spiro atoms. The van der Waals surface area contributed by atoms with E-state index in [1.165, 1.54) is 12.0 Å². The van der Waals surface area contributed by atoms with Crippen molar-refractivity contribution >= 4 is 17.2 Å². The summed E-state index contributed by atoms with van der Waals surface area (Å²) in [4.78, 5) is 0.747. The number of nitrogens with one attached hydrogen (secondary N) is 1. The molecule has 3 rings (SSSR count). The van der Waals surface area contributed by atoms with Gasteiger partial charge in [-0.25, -0.2) is 0 Å². The summed E-state index contributed by atoms with van der Waals surface area (Å²) < 4.78 is 0.